The first kappa shape index (κ1) is 16.5. The molecule has 0 radical (unpaired) electrons. The van der Waals surface area contributed by atoms with Crippen molar-refractivity contribution in [3.8, 4) is 0 Å². The Morgan fingerprint density at radius 3 is 2.48 bits per heavy atom. The minimum absolute atomic E-state index is 0.0495. The van der Waals surface area contributed by atoms with E-state index in [9.17, 15) is 14.7 Å². The zero-order chi connectivity index (χ0) is 17.4. The number of β-amino-alcohol motifs (C(OH)–C–C–N with tert-alkyl or cyclic N) is 1. The third kappa shape index (κ3) is 3.16. The molecule has 1 aromatic rings. The minimum Gasteiger partial charge on any atom is -0.390 e. The van der Waals surface area contributed by atoms with Gasteiger partial charge in [0.2, 0.25) is 11.8 Å². The second kappa shape index (κ2) is 6.77. The molecule has 134 valence electrons. The Hall–Kier alpha value is -1.92. The predicted octanol–water partition coefficient (Wildman–Crippen LogP) is 0.707. The number of rotatable bonds is 3. The molecular weight excluding hydrogens is 318 g/mol. The summed E-state index contributed by atoms with van der Waals surface area (Å²) in [4.78, 5) is 30.6. The van der Waals surface area contributed by atoms with Crippen LogP contribution in [0.5, 0.6) is 0 Å². The van der Waals surface area contributed by atoms with Gasteiger partial charge in [-0.1, -0.05) is 24.6 Å². The summed E-state index contributed by atoms with van der Waals surface area (Å²) in [5.41, 5.74) is 0.918. The van der Waals surface area contributed by atoms with Gasteiger partial charge in [0.15, 0.2) is 0 Å². The SMILES string of the molecule is O=C(C1CCC1)N1C[C@H](O)[C@@H](N2CCN(c3ccccc3)C(=O)C2)C1. The van der Waals surface area contributed by atoms with Crippen LogP contribution in [0.25, 0.3) is 0 Å². The summed E-state index contributed by atoms with van der Waals surface area (Å²) >= 11 is 0. The van der Waals surface area contributed by atoms with Gasteiger partial charge in [-0.15, -0.1) is 0 Å². The van der Waals surface area contributed by atoms with Gasteiger partial charge >= 0.3 is 0 Å². The van der Waals surface area contributed by atoms with E-state index in [0.717, 1.165) is 24.9 Å². The number of carbonyl (C=O) groups excluding carboxylic acids is 2. The number of nitrogens with zero attached hydrogens (tertiary/aromatic N) is 3. The summed E-state index contributed by atoms with van der Waals surface area (Å²) in [6, 6.07) is 9.55. The van der Waals surface area contributed by atoms with Crippen LogP contribution in [0.4, 0.5) is 5.69 Å². The standard InChI is InChI=1S/C19H25N3O3/c23-17-12-21(19(25)14-5-4-6-14)11-16(17)20-9-10-22(18(24)13-20)15-7-2-1-3-8-15/h1-3,7-8,14,16-17,23H,4-6,9-13H2/t16-,17-/m0/s1. The van der Waals surface area contributed by atoms with E-state index in [1.54, 1.807) is 9.80 Å². The second-order valence-corrected chi connectivity index (χ2v) is 7.36. The molecule has 1 saturated carbocycles. The Kier molecular flexibility index (Phi) is 4.48. The lowest BCUT2D eigenvalue weighted by Crippen LogP contribution is -2.56. The summed E-state index contributed by atoms with van der Waals surface area (Å²) in [6.07, 6.45) is 2.51. The third-order valence-corrected chi connectivity index (χ3v) is 5.81. The molecule has 1 aromatic carbocycles. The van der Waals surface area contributed by atoms with Gasteiger partial charge in [0.05, 0.1) is 18.7 Å². The van der Waals surface area contributed by atoms with Crippen LogP contribution >= 0.6 is 0 Å². The largest absolute Gasteiger partial charge is 0.390 e. The number of para-hydroxylation sites is 1. The van der Waals surface area contributed by atoms with Gasteiger partial charge < -0.3 is 14.9 Å². The van der Waals surface area contributed by atoms with Gasteiger partial charge in [0, 0.05) is 37.8 Å². The summed E-state index contributed by atoms with van der Waals surface area (Å²) in [5, 5.41) is 10.4. The maximum Gasteiger partial charge on any atom is 0.241 e. The Bertz CT molecular complexity index is 647. The quantitative estimate of drug-likeness (QED) is 0.878. The van der Waals surface area contributed by atoms with Crippen molar-refractivity contribution < 1.29 is 14.7 Å². The molecule has 2 atom stereocenters. The highest BCUT2D eigenvalue weighted by molar-refractivity contribution is 5.95. The first-order valence-corrected chi connectivity index (χ1v) is 9.20. The number of hydrogen-bond acceptors (Lipinski definition) is 4. The van der Waals surface area contributed by atoms with Crippen LogP contribution in [0.15, 0.2) is 30.3 Å². The number of benzene rings is 1. The minimum atomic E-state index is -0.569. The monoisotopic (exact) mass is 343 g/mol. The lowest BCUT2D eigenvalue weighted by Gasteiger charge is -2.38. The first-order valence-electron chi connectivity index (χ1n) is 9.20. The van der Waals surface area contributed by atoms with Gasteiger partial charge in [0.25, 0.3) is 0 Å². The van der Waals surface area contributed by atoms with E-state index in [4.69, 9.17) is 0 Å². The maximum absolute atomic E-state index is 12.6. The third-order valence-electron chi connectivity index (χ3n) is 5.81. The molecule has 3 fully saturated rings. The number of amides is 2. The van der Waals surface area contributed by atoms with Crippen LogP contribution in [0.1, 0.15) is 19.3 Å². The molecule has 0 unspecified atom stereocenters. The molecule has 0 spiro atoms. The van der Waals surface area contributed by atoms with Crippen molar-refractivity contribution in [2.45, 2.75) is 31.4 Å². The highest BCUT2D eigenvalue weighted by Crippen LogP contribution is 2.30. The molecule has 6 heteroatoms. The van der Waals surface area contributed by atoms with Crippen molar-refractivity contribution in [3.63, 3.8) is 0 Å². The van der Waals surface area contributed by atoms with Crippen LogP contribution in [-0.2, 0) is 9.59 Å². The highest BCUT2D eigenvalue weighted by atomic mass is 16.3. The Balaban J connectivity index is 1.38. The van der Waals surface area contributed by atoms with Crippen molar-refractivity contribution in [3.05, 3.63) is 30.3 Å². The summed E-state index contributed by atoms with van der Waals surface area (Å²) in [7, 11) is 0. The van der Waals surface area contributed by atoms with Crippen molar-refractivity contribution >= 4 is 17.5 Å². The summed E-state index contributed by atoms with van der Waals surface area (Å²) in [5.74, 6) is 0.387. The first-order chi connectivity index (χ1) is 12.1. The van der Waals surface area contributed by atoms with E-state index in [2.05, 4.69) is 0 Å². The number of piperazine rings is 1. The summed E-state index contributed by atoms with van der Waals surface area (Å²) in [6.45, 7) is 2.56. The van der Waals surface area contributed by atoms with E-state index in [1.165, 1.54) is 0 Å². The Morgan fingerprint density at radius 1 is 1.08 bits per heavy atom. The van der Waals surface area contributed by atoms with Crippen LogP contribution in [0.2, 0.25) is 0 Å². The number of likely N-dealkylation sites (tertiary alicyclic amines) is 1. The van der Waals surface area contributed by atoms with E-state index in [0.29, 0.717) is 32.7 Å². The van der Waals surface area contributed by atoms with Crippen molar-refractivity contribution in [1.29, 1.82) is 0 Å². The molecule has 4 rings (SSSR count). The van der Waals surface area contributed by atoms with Gasteiger partial charge in [0.1, 0.15) is 0 Å². The number of aliphatic hydroxyl groups is 1. The zero-order valence-corrected chi connectivity index (χ0v) is 14.4. The smallest absolute Gasteiger partial charge is 0.241 e. The van der Waals surface area contributed by atoms with Crippen molar-refractivity contribution in [2.24, 2.45) is 5.92 Å². The molecule has 0 bridgehead atoms. The van der Waals surface area contributed by atoms with E-state index < -0.39 is 6.10 Å². The molecular formula is C19H25N3O3. The van der Waals surface area contributed by atoms with Gasteiger partial charge in [-0.3, -0.25) is 14.5 Å². The molecule has 1 N–H and O–H groups in total. The molecule has 2 saturated heterocycles. The van der Waals surface area contributed by atoms with E-state index in [-0.39, 0.29) is 23.8 Å². The fourth-order valence-electron chi connectivity index (χ4n) is 4.08. The number of carbonyl (C=O) groups is 2. The Labute approximate surface area is 148 Å². The van der Waals surface area contributed by atoms with E-state index in [1.807, 2.05) is 35.2 Å². The van der Waals surface area contributed by atoms with Gasteiger partial charge in [-0.25, -0.2) is 0 Å². The predicted molar refractivity (Wildman–Crippen MR) is 94.1 cm³/mol. The van der Waals surface area contributed by atoms with Gasteiger partial charge in [-0.05, 0) is 25.0 Å². The van der Waals surface area contributed by atoms with Crippen LogP contribution in [0, 0.1) is 5.92 Å². The molecule has 6 nitrogen and oxygen atoms in total. The van der Waals surface area contributed by atoms with Crippen molar-refractivity contribution in [1.82, 2.24) is 9.80 Å². The lowest BCUT2D eigenvalue weighted by molar-refractivity contribution is -0.137. The number of aliphatic hydroxyl groups excluding tert-OH is 1. The lowest BCUT2D eigenvalue weighted by atomic mass is 9.84. The topological polar surface area (TPSA) is 64.1 Å². The molecule has 25 heavy (non-hydrogen) atoms. The number of hydrogen-bond donors (Lipinski definition) is 1. The molecule has 2 amide bonds. The number of anilines is 1. The highest BCUT2D eigenvalue weighted by Gasteiger charge is 2.42. The molecule has 3 aliphatic rings. The molecule has 2 aliphatic heterocycles. The summed E-state index contributed by atoms with van der Waals surface area (Å²) < 4.78 is 0. The average Bonchev–Trinajstić information content (AvgIpc) is 2.96. The van der Waals surface area contributed by atoms with E-state index >= 15 is 0 Å². The molecule has 0 aromatic heterocycles. The average molecular weight is 343 g/mol. The van der Waals surface area contributed by atoms with Gasteiger partial charge in [-0.2, -0.15) is 0 Å². The molecule has 2 heterocycles. The Morgan fingerprint density at radius 2 is 1.84 bits per heavy atom. The molecule has 1 aliphatic carbocycles. The van der Waals surface area contributed by atoms with Crippen LogP contribution in [0.3, 0.4) is 0 Å². The maximum atomic E-state index is 12.6. The van der Waals surface area contributed by atoms with Crippen LogP contribution < -0.4 is 4.90 Å². The second-order valence-electron chi connectivity index (χ2n) is 7.36. The fourth-order valence-corrected chi connectivity index (χ4v) is 4.08. The van der Waals surface area contributed by atoms with Crippen LogP contribution in [-0.4, -0.2) is 71.6 Å². The fraction of sp³-hybridized carbons (Fsp3) is 0.579. The zero-order valence-electron chi connectivity index (χ0n) is 14.4. The van der Waals surface area contributed by atoms with Crippen molar-refractivity contribution in [2.75, 3.05) is 37.6 Å². The normalized spacial score (nSPS) is 28.3.